The summed E-state index contributed by atoms with van der Waals surface area (Å²) in [7, 11) is -4.85. The summed E-state index contributed by atoms with van der Waals surface area (Å²) in [5, 5.41) is 5.82. The largest absolute Gasteiger partial charge is 0.494 e. The number of hydrogen-bond donors (Lipinski definition) is 0. The van der Waals surface area contributed by atoms with Gasteiger partial charge in [0.25, 0.3) is 0 Å². The third-order valence-corrected chi connectivity index (χ3v) is 24.4. The SMILES string of the molecule is C=CC[Si]1(CC=C)c2cc(B3OC(C)(C)C(C)(C)O3)ccc2-c2ccc(B3OC(C)(C)C(C)(C)O3)cc21.C=CC[Si]1(CC=C)c2cc(Br)ccc2-c2ccc(Br)cc21. The van der Waals surface area contributed by atoms with E-state index in [0.29, 0.717) is 0 Å². The number of halogens is 2. The third-order valence-electron chi connectivity index (χ3n) is 13.7. The van der Waals surface area contributed by atoms with Gasteiger partial charge in [-0.15, -0.1) is 26.3 Å². The maximum atomic E-state index is 6.42. The van der Waals surface area contributed by atoms with Crippen LogP contribution in [0, 0.1) is 0 Å². The molecule has 4 aromatic carbocycles. The fraction of sp³-hybridized carbons (Fsp3) is 0.333. The van der Waals surface area contributed by atoms with Crippen LogP contribution in [-0.4, -0.2) is 52.8 Å². The number of benzene rings is 4. The Balaban J connectivity index is 0.000000206. The molecule has 10 heteroatoms. The highest BCUT2D eigenvalue weighted by Gasteiger charge is 2.54. The molecular formula is C48H56B2Br2O4Si2. The summed E-state index contributed by atoms with van der Waals surface area (Å²) in [5.41, 5.74) is 5.98. The summed E-state index contributed by atoms with van der Waals surface area (Å²) >= 11 is 7.28. The van der Waals surface area contributed by atoms with E-state index in [1.54, 1.807) is 0 Å². The molecule has 4 aliphatic heterocycles. The van der Waals surface area contributed by atoms with Crippen LogP contribution in [-0.2, 0) is 18.6 Å². The van der Waals surface area contributed by atoms with Crippen LogP contribution in [0.2, 0.25) is 24.2 Å². The lowest BCUT2D eigenvalue weighted by molar-refractivity contribution is 0.00578. The molecule has 0 atom stereocenters. The molecule has 300 valence electrons. The molecule has 0 N–H and O–H groups in total. The smallest absolute Gasteiger partial charge is 0.399 e. The van der Waals surface area contributed by atoms with Crippen molar-refractivity contribution >= 4 is 93.9 Å². The molecule has 0 spiro atoms. The number of allylic oxidation sites excluding steroid dienone is 4. The minimum Gasteiger partial charge on any atom is -0.399 e. The van der Waals surface area contributed by atoms with Gasteiger partial charge in [-0.05, 0) is 158 Å². The van der Waals surface area contributed by atoms with Crippen LogP contribution in [0.5, 0.6) is 0 Å². The first-order valence-corrected chi connectivity index (χ1v) is 26.8. The Labute approximate surface area is 366 Å². The second-order valence-corrected chi connectivity index (χ2v) is 28.2. The molecule has 2 saturated heterocycles. The Bertz CT molecular complexity index is 2130. The lowest BCUT2D eigenvalue weighted by atomic mass is 9.77. The zero-order chi connectivity index (χ0) is 42.1. The van der Waals surface area contributed by atoms with Gasteiger partial charge in [0.15, 0.2) is 0 Å². The van der Waals surface area contributed by atoms with E-state index in [9.17, 15) is 0 Å². The normalized spacial score (nSPS) is 20.2. The molecule has 4 nitrogen and oxygen atoms in total. The van der Waals surface area contributed by atoms with Crippen LogP contribution in [0.1, 0.15) is 55.4 Å². The van der Waals surface area contributed by atoms with Crippen LogP contribution < -0.4 is 31.7 Å². The quantitative estimate of drug-likeness (QED) is 0.118. The molecule has 0 aliphatic carbocycles. The average molecular weight is 935 g/mol. The molecule has 2 fully saturated rings. The summed E-state index contributed by atoms with van der Waals surface area (Å²) in [6.07, 6.45) is 8.32. The Morgan fingerprint density at radius 2 is 0.707 bits per heavy atom. The van der Waals surface area contributed by atoms with Gasteiger partial charge < -0.3 is 18.6 Å². The Kier molecular flexibility index (Phi) is 11.6. The fourth-order valence-electron chi connectivity index (χ4n) is 9.25. The number of hydrogen-bond acceptors (Lipinski definition) is 4. The molecule has 0 saturated carbocycles. The maximum absolute atomic E-state index is 6.42. The van der Waals surface area contributed by atoms with Crippen LogP contribution in [0.15, 0.2) is 132 Å². The topological polar surface area (TPSA) is 36.9 Å². The van der Waals surface area contributed by atoms with E-state index in [2.05, 4.69) is 211 Å². The van der Waals surface area contributed by atoms with Gasteiger partial charge in [0.05, 0.1) is 22.4 Å². The predicted molar refractivity (Wildman–Crippen MR) is 261 cm³/mol. The van der Waals surface area contributed by atoms with Crippen molar-refractivity contribution < 1.29 is 18.6 Å². The molecule has 4 aromatic rings. The fourth-order valence-corrected chi connectivity index (χ4v) is 19.7. The van der Waals surface area contributed by atoms with Crippen LogP contribution in [0.3, 0.4) is 0 Å². The van der Waals surface area contributed by atoms with Gasteiger partial charge in [0.2, 0.25) is 0 Å². The number of rotatable bonds is 10. The highest BCUT2D eigenvalue weighted by atomic mass is 79.9. The molecule has 0 radical (unpaired) electrons. The van der Waals surface area contributed by atoms with Gasteiger partial charge in [0.1, 0.15) is 16.1 Å². The molecule has 0 bridgehead atoms. The van der Waals surface area contributed by atoms with Crippen molar-refractivity contribution in [2.75, 3.05) is 0 Å². The first-order valence-electron chi connectivity index (χ1n) is 20.3. The second kappa shape index (κ2) is 15.6. The zero-order valence-corrected chi connectivity index (χ0v) is 40.6. The second-order valence-electron chi connectivity index (χ2n) is 18.3. The Morgan fingerprint density at radius 1 is 0.448 bits per heavy atom. The van der Waals surface area contributed by atoms with Crippen molar-refractivity contribution in [2.45, 2.75) is 102 Å². The van der Waals surface area contributed by atoms with Crippen LogP contribution in [0.25, 0.3) is 22.3 Å². The van der Waals surface area contributed by atoms with E-state index < -0.39 is 30.4 Å². The standard InChI is InChI=1S/C30H40B2O4Si.C18H16Br2Si/c1-11-17-37(18-12-2)25-19-21(31-33-27(3,4)28(5,6)34-31)13-15-23(25)24-16-14-22(20-26(24)37)32-35-29(7,8)30(9,10)36-32;1-3-9-21(10-4-2)17-11-13(19)5-7-15(17)16-8-6-14(20)12-18(16)21/h11-16,19-20H,1-2,17-18H2,3-10H3;3-8,11-12H,1-2,9-10H2. The first-order chi connectivity index (χ1) is 27.3. The van der Waals surface area contributed by atoms with Gasteiger partial charge in [-0.1, -0.05) is 105 Å². The highest BCUT2D eigenvalue weighted by Crippen LogP contribution is 2.40. The molecule has 4 heterocycles. The van der Waals surface area contributed by atoms with E-state index in [0.717, 1.165) is 44.0 Å². The molecule has 58 heavy (non-hydrogen) atoms. The minimum absolute atomic E-state index is 0.381. The summed E-state index contributed by atoms with van der Waals surface area (Å²) in [5.74, 6) is 0. The monoisotopic (exact) mass is 932 g/mol. The Hall–Kier alpha value is -2.80. The van der Waals surface area contributed by atoms with Gasteiger partial charge in [0, 0.05) is 8.95 Å². The summed E-state index contributed by atoms with van der Waals surface area (Å²) in [4.78, 5) is 0. The van der Waals surface area contributed by atoms with Crippen molar-refractivity contribution in [2.24, 2.45) is 0 Å². The third kappa shape index (κ3) is 7.07. The summed E-state index contributed by atoms with van der Waals surface area (Å²) in [6, 6.07) is 30.8. The van der Waals surface area contributed by atoms with Crippen molar-refractivity contribution in [3.63, 3.8) is 0 Å². The molecule has 4 aliphatic rings. The predicted octanol–water partition coefficient (Wildman–Crippen LogP) is 9.33. The van der Waals surface area contributed by atoms with E-state index in [4.69, 9.17) is 18.6 Å². The van der Waals surface area contributed by atoms with E-state index in [1.807, 2.05) is 0 Å². The van der Waals surface area contributed by atoms with E-state index in [1.165, 1.54) is 43.0 Å². The first kappa shape index (κ1) is 43.3. The Morgan fingerprint density at radius 3 is 0.983 bits per heavy atom. The van der Waals surface area contributed by atoms with Gasteiger partial charge in [-0.2, -0.15) is 0 Å². The van der Waals surface area contributed by atoms with E-state index in [-0.39, 0.29) is 22.4 Å². The zero-order valence-electron chi connectivity index (χ0n) is 35.4. The number of fused-ring (bicyclic) bond motifs is 6. The van der Waals surface area contributed by atoms with Gasteiger partial charge in [-0.25, -0.2) is 0 Å². The van der Waals surface area contributed by atoms with Gasteiger partial charge in [-0.3, -0.25) is 0 Å². The van der Waals surface area contributed by atoms with Crippen molar-refractivity contribution in [3.8, 4) is 22.3 Å². The lowest BCUT2D eigenvalue weighted by Crippen LogP contribution is -2.56. The summed E-state index contributed by atoms with van der Waals surface area (Å²) < 4.78 is 28.0. The average Bonchev–Trinajstić information content (AvgIpc) is 3.74. The minimum atomic E-state index is -2.24. The van der Waals surface area contributed by atoms with Crippen LogP contribution >= 0.6 is 31.9 Å². The molecule has 0 amide bonds. The van der Waals surface area contributed by atoms with Gasteiger partial charge >= 0.3 is 14.2 Å². The summed E-state index contributed by atoms with van der Waals surface area (Å²) in [6.45, 7) is 33.2. The lowest BCUT2D eigenvalue weighted by Gasteiger charge is -2.32. The van der Waals surface area contributed by atoms with E-state index >= 15 is 0 Å². The highest BCUT2D eigenvalue weighted by molar-refractivity contribution is 9.10. The molecular weight excluding hydrogens is 878 g/mol. The van der Waals surface area contributed by atoms with Crippen molar-refractivity contribution in [3.05, 3.63) is 132 Å². The molecule has 8 rings (SSSR count). The van der Waals surface area contributed by atoms with Crippen molar-refractivity contribution in [1.29, 1.82) is 0 Å². The van der Waals surface area contributed by atoms with Crippen LogP contribution in [0.4, 0.5) is 0 Å². The maximum Gasteiger partial charge on any atom is 0.494 e. The molecule has 0 aromatic heterocycles. The molecule has 0 unspecified atom stereocenters. The van der Waals surface area contributed by atoms with Crippen molar-refractivity contribution in [1.82, 2.24) is 0 Å².